The first kappa shape index (κ1) is 83.6. The molecule has 0 amide bonds. The van der Waals surface area contributed by atoms with Crippen molar-refractivity contribution < 1.29 is 23.0 Å². The molecule has 23 heteroatoms. The molecule has 0 saturated carbocycles. The summed E-state index contributed by atoms with van der Waals surface area (Å²) in [6.45, 7) is 24.0. The van der Waals surface area contributed by atoms with E-state index in [0.717, 1.165) is 49.6 Å². The highest BCUT2D eigenvalue weighted by Gasteiger charge is 2.30. The van der Waals surface area contributed by atoms with E-state index in [4.69, 9.17) is 44.1 Å². The first-order valence-electron chi connectivity index (χ1n) is 32.7. The maximum absolute atomic E-state index is 10.9. The largest absolute Gasteiger partial charge is 0.488 e. The number of hydrogen-bond donors (Lipinski definition) is 5. The lowest BCUT2D eigenvalue weighted by Crippen LogP contribution is -2.42. The first-order chi connectivity index (χ1) is 46.1. The van der Waals surface area contributed by atoms with Crippen molar-refractivity contribution in [2.45, 2.75) is 155 Å². The van der Waals surface area contributed by atoms with E-state index >= 15 is 0 Å². The number of nitriles is 4. The lowest BCUT2D eigenvalue weighted by atomic mass is 9.80. The van der Waals surface area contributed by atoms with Gasteiger partial charge >= 0.3 is 7.12 Å². The molecule has 4 aromatic heterocycles. The molecule has 5 N–H and O–H groups in total. The minimum absolute atomic E-state index is 0.0757. The summed E-state index contributed by atoms with van der Waals surface area (Å²) in [5.74, 6) is 0.673. The molecule has 0 spiro atoms. The topological polar surface area (TPSA) is 275 Å². The van der Waals surface area contributed by atoms with E-state index in [1.165, 1.54) is 125 Å². The van der Waals surface area contributed by atoms with Crippen molar-refractivity contribution in [3.8, 4) is 63.5 Å². The van der Waals surface area contributed by atoms with E-state index in [2.05, 4.69) is 135 Å². The normalized spacial score (nSPS) is 10.8. The standard InChI is InChI=1S/C25H38N2O2Si2.C13H31BrOSi2.2C12H8N2O.C7H6BNO2.C5H4BrNO/c1-30(2,3)29-31(4,5)19-11-9-7-6-8-10-18-28-25-17-16-24(21-27-25)23-14-12-22(20-26)13-15-23;1-16(2,3)15-17(4,5)13-11-9-7-6-8-10-12-14;2*13-7-9-1-3-10(4-2-9)11-5-6-12(15)14-8-11;9-5-6-1-3-7(4-2-6)8(10)11;6-4-1-2-5(8)7-3-4/h12-17,21H,6-11,18-19H2,1-5H3;6-13H2,1-5H3;2*1-6,8H,(H,14,15);1-4,10-11H;1-3H,(H,7,8). The Kier molecular flexibility index (Phi) is 38.8. The van der Waals surface area contributed by atoms with Crippen molar-refractivity contribution in [3.05, 3.63) is 228 Å². The minimum Gasteiger partial charge on any atom is -0.478 e. The molecule has 0 aliphatic heterocycles. The molecule has 0 aliphatic carbocycles. The molecular formula is C74H95BBr2N8O8Si4. The number of benzene rings is 4. The van der Waals surface area contributed by atoms with Crippen LogP contribution in [0.4, 0.5) is 0 Å². The average Bonchev–Trinajstić information content (AvgIpc) is 1.31. The fraction of sp³-hybridized carbons (Fsp3) is 0.351. The molecule has 0 atom stereocenters. The van der Waals surface area contributed by atoms with Gasteiger partial charge in [0.1, 0.15) is 0 Å². The van der Waals surface area contributed by atoms with Crippen LogP contribution < -0.4 is 26.9 Å². The Morgan fingerprint density at radius 2 is 0.753 bits per heavy atom. The Morgan fingerprint density at radius 1 is 0.423 bits per heavy atom. The number of H-pyrrole nitrogens is 3. The van der Waals surface area contributed by atoms with Crippen molar-refractivity contribution in [2.75, 3.05) is 11.9 Å². The molecule has 4 aromatic carbocycles. The number of nitrogens with one attached hydrogen (secondary N) is 3. The van der Waals surface area contributed by atoms with Crippen LogP contribution >= 0.6 is 31.9 Å². The van der Waals surface area contributed by atoms with Gasteiger partial charge in [-0.3, -0.25) is 14.4 Å². The van der Waals surface area contributed by atoms with E-state index in [1.54, 1.807) is 61.1 Å². The number of hydrogen-bond acceptors (Lipinski definition) is 13. The van der Waals surface area contributed by atoms with Crippen LogP contribution in [0.25, 0.3) is 33.4 Å². The highest BCUT2D eigenvalue weighted by molar-refractivity contribution is 9.10. The van der Waals surface area contributed by atoms with Crippen molar-refractivity contribution in [1.29, 1.82) is 21.0 Å². The molecular weight excluding hydrogens is 1410 g/mol. The van der Waals surface area contributed by atoms with Crippen molar-refractivity contribution in [2.24, 2.45) is 0 Å². The third-order valence-electron chi connectivity index (χ3n) is 14.2. The maximum atomic E-state index is 10.9. The molecule has 8 rings (SSSR count). The van der Waals surface area contributed by atoms with Gasteiger partial charge in [0.2, 0.25) is 22.6 Å². The van der Waals surface area contributed by atoms with E-state index in [-0.39, 0.29) is 16.7 Å². The molecule has 8 aromatic rings. The number of aromatic amines is 3. The van der Waals surface area contributed by atoms with Crippen LogP contribution in [-0.2, 0) is 8.23 Å². The van der Waals surface area contributed by atoms with E-state index in [1.807, 2.05) is 72.9 Å². The summed E-state index contributed by atoms with van der Waals surface area (Å²) in [4.78, 5) is 44.2. The van der Waals surface area contributed by atoms with Gasteiger partial charge in [-0.2, -0.15) is 21.0 Å². The van der Waals surface area contributed by atoms with Crippen LogP contribution in [-0.4, -0.2) is 82.3 Å². The maximum Gasteiger partial charge on any atom is 0.488 e. The van der Waals surface area contributed by atoms with Crippen molar-refractivity contribution >= 4 is 77.7 Å². The number of aromatic nitrogens is 4. The quantitative estimate of drug-likeness (QED) is 0.0192. The van der Waals surface area contributed by atoms with E-state index in [0.29, 0.717) is 40.2 Å². The number of pyridine rings is 4. The molecule has 0 radical (unpaired) electrons. The summed E-state index contributed by atoms with van der Waals surface area (Å²) in [5.41, 5.74) is 8.40. The Labute approximate surface area is 595 Å². The second-order valence-electron chi connectivity index (χ2n) is 26.0. The van der Waals surface area contributed by atoms with E-state index < -0.39 is 40.4 Å². The van der Waals surface area contributed by atoms with Gasteiger partial charge in [-0.05, 0) is 212 Å². The fourth-order valence-corrected chi connectivity index (χ4v) is 26.7. The zero-order valence-corrected chi connectivity index (χ0v) is 65.1. The Hall–Kier alpha value is -7.63. The first-order valence-corrected chi connectivity index (χ1v) is 47.7. The number of ether oxygens (including phenoxy) is 1. The summed E-state index contributed by atoms with van der Waals surface area (Å²) >= 11 is 6.65. The number of unbranched alkanes of at least 4 members (excludes halogenated alkanes) is 10. The van der Waals surface area contributed by atoms with Gasteiger partial charge < -0.3 is 38.0 Å². The molecule has 16 nitrogen and oxygen atoms in total. The van der Waals surface area contributed by atoms with Gasteiger partial charge in [-0.25, -0.2) is 4.98 Å². The van der Waals surface area contributed by atoms with Crippen LogP contribution in [0.15, 0.2) is 189 Å². The molecule has 0 aliphatic rings. The zero-order chi connectivity index (χ0) is 71.7. The van der Waals surface area contributed by atoms with Crippen LogP contribution in [0.2, 0.25) is 77.6 Å². The molecule has 0 saturated heterocycles. The number of halogens is 2. The predicted molar refractivity (Wildman–Crippen MR) is 413 cm³/mol. The number of alkyl halides is 1. The smallest absolute Gasteiger partial charge is 0.478 e. The molecule has 0 unspecified atom stereocenters. The summed E-state index contributed by atoms with van der Waals surface area (Å²) in [6.07, 6.45) is 22.5. The number of nitrogens with zero attached hydrogens (tertiary/aromatic N) is 5. The lowest BCUT2D eigenvalue weighted by molar-refractivity contribution is 0.293. The predicted octanol–water partition coefficient (Wildman–Crippen LogP) is 17.4. The Morgan fingerprint density at radius 3 is 1.06 bits per heavy atom. The second-order valence-corrected chi connectivity index (χ2v) is 45.9. The third kappa shape index (κ3) is 38.2. The molecule has 97 heavy (non-hydrogen) atoms. The van der Waals surface area contributed by atoms with Gasteiger partial charge in [-0.1, -0.05) is 129 Å². The Balaban J connectivity index is 0.000000320. The van der Waals surface area contributed by atoms with E-state index in [9.17, 15) is 14.4 Å². The molecule has 0 bridgehead atoms. The van der Waals surface area contributed by atoms with Crippen LogP contribution in [0.1, 0.15) is 99.3 Å². The molecule has 512 valence electrons. The highest BCUT2D eigenvalue weighted by Crippen LogP contribution is 2.25. The van der Waals surface area contributed by atoms with Gasteiger partial charge in [-0.15, -0.1) is 0 Å². The summed E-state index contributed by atoms with van der Waals surface area (Å²) in [5, 5.41) is 53.0. The fourth-order valence-electron chi connectivity index (χ4n) is 9.80. The monoisotopic (exact) mass is 1500 g/mol. The highest BCUT2D eigenvalue weighted by atomic mass is 79.9. The van der Waals surface area contributed by atoms with Crippen molar-refractivity contribution in [1.82, 2.24) is 19.9 Å². The summed E-state index contributed by atoms with van der Waals surface area (Å²) in [6, 6.07) is 52.4. The Bertz CT molecular complexity index is 3750. The van der Waals surface area contributed by atoms with Crippen LogP contribution in [0.3, 0.4) is 0 Å². The van der Waals surface area contributed by atoms with Gasteiger partial charge in [0.15, 0.2) is 33.3 Å². The minimum atomic E-state index is -1.47. The van der Waals surface area contributed by atoms with Gasteiger partial charge in [0.05, 0.1) is 53.1 Å². The summed E-state index contributed by atoms with van der Waals surface area (Å²) < 4.78 is 19.4. The van der Waals surface area contributed by atoms with Gasteiger partial charge in [0, 0.05) is 64.4 Å². The second kappa shape index (κ2) is 45.1. The van der Waals surface area contributed by atoms with Gasteiger partial charge in [0.25, 0.3) is 0 Å². The lowest BCUT2D eigenvalue weighted by Gasteiger charge is -2.31. The third-order valence-corrected chi connectivity index (χ3v) is 27.7. The molecule has 0 fully saturated rings. The van der Waals surface area contributed by atoms with Crippen LogP contribution in [0.5, 0.6) is 5.88 Å². The SMILES string of the molecule is C[Si](C)(C)O[Si](C)(C)CCCCCCCCBr.C[Si](C)(C)O[Si](C)(C)CCCCCCCCOc1ccc(-c2ccc(C#N)cc2)cn1.N#Cc1ccc(-c2ccc(=O)[nH]c2)cc1.N#Cc1ccc(-c2ccc(=O)[nH]c2)cc1.N#Cc1ccc(B(O)O)cc1.O=c1ccc(Br)c[nH]1. The van der Waals surface area contributed by atoms with Crippen LogP contribution in [0, 0.1) is 45.3 Å². The molecule has 4 heterocycles. The number of rotatable bonds is 26. The van der Waals surface area contributed by atoms with Crippen molar-refractivity contribution in [3.63, 3.8) is 0 Å². The zero-order valence-electron chi connectivity index (χ0n) is 57.9. The average molecular weight is 1510 g/mol. The summed E-state index contributed by atoms with van der Waals surface area (Å²) in [7, 11) is -7.01.